The van der Waals surface area contributed by atoms with Crippen molar-refractivity contribution in [3.05, 3.63) is 23.9 Å². The van der Waals surface area contributed by atoms with E-state index in [1.165, 1.54) is 0 Å². The maximum atomic E-state index is 9.28. The van der Waals surface area contributed by atoms with Gasteiger partial charge in [-0.3, -0.25) is 0 Å². The van der Waals surface area contributed by atoms with Gasteiger partial charge in [-0.1, -0.05) is 12.2 Å². The van der Waals surface area contributed by atoms with Crippen LogP contribution in [0.3, 0.4) is 0 Å². The zero-order chi connectivity index (χ0) is 6.97. The summed E-state index contributed by atoms with van der Waals surface area (Å²) in [5.41, 5.74) is 6.77. The van der Waals surface area contributed by atoms with Crippen LogP contribution >= 0.6 is 24.8 Å². The molecule has 0 aromatic heterocycles. The summed E-state index contributed by atoms with van der Waals surface area (Å²) in [6, 6.07) is 0. The Labute approximate surface area is 83.7 Å². The maximum Gasteiger partial charge on any atom is 0.129 e. The molecular weight excluding hydrogens is 199 g/mol. The number of hydrogen-bond acceptors (Lipinski definition) is 3. The first-order valence-electron chi connectivity index (χ1n) is 3.44. The molecule has 1 saturated heterocycles. The highest BCUT2D eigenvalue weighted by molar-refractivity contribution is 5.85. The molecule has 1 fully saturated rings. The molecule has 0 saturated carbocycles. The van der Waals surface area contributed by atoms with Gasteiger partial charge in [0.2, 0.25) is 0 Å². The standard InChI is InChI=1S/C7H10N2O.2ClH/c10-7-5-3-1-2-4-6(5)8-9-7;;/h1-2,4-5,7-10H,3H2;2*1H. The third-order valence-corrected chi connectivity index (χ3v) is 1.95. The Kier molecular flexibility index (Phi) is 4.63. The van der Waals surface area contributed by atoms with E-state index in [-0.39, 0.29) is 30.7 Å². The van der Waals surface area contributed by atoms with E-state index in [9.17, 15) is 5.11 Å². The van der Waals surface area contributed by atoms with Crippen molar-refractivity contribution in [1.82, 2.24) is 10.9 Å². The fraction of sp³-hybridized carbons (Fsp3) is 0.429. The summed E-state index contributed by atoms with van der Waals surface area (Å²) < 4.78 is 0. The minimum atomic E-state index is -0.420. The van der Waals surface area contributed by atoms with Crippen molar-refractivity contribution in [3.8, 4) is 0 Å². The van der Waals surface area contributed by atoms with Crippen LogP contribution in [0.5, 0.6) is 0 Å². The molecular formula is C7H12Cl2N2O. The molecule has 2 aliphatic rings. The largest absolute Gasteiger partial charge is 0.376 e. The van der Waals surface area contributed by atoms with Crippen molar-refractivity contribution in [1.29, 1.82) is 0 Å². The normalized spacial score (nSPS) is 30.6. The van der Waals surface area contributed by atoms with Gasteiger partial charge in [0.05, 0.1) is 0 Å². The monoisotopic (exact) mass is 210 g/mol. The first-order chi connectivity index (χ1) is 4.88. The Morgan fingerprint density at radius 1 is 1.42 bits per heavy atom. The number of halogens is 2. The van der Waals surface area contributed by atoms with Crippen molar-refractivity contribution in [2.45, 2.75) is 12.6 Å². The number of fused-ring (bicyclic) bond motifs is 1. The molecule has 70 valence electrons. The summed E-state index contributed by atoms with van der Waals surface area (Å²) in [7, 11) is 0. The molecule has 0 amide bonds. The average Bonchev–Trinajstić information content (AvgIpc) is 2.34. The number of hydrazine groups is 1. The summed E-state index contributed by atoms with van der Waals surface area (Å²) >= 11 is 0. The van der Waals surface area contributed by atoms with Gasteiger partial charge in [-0.15, -0.1) is 24.8 Å². The fourth-order valence-electron chi connectivity index (χ4n) is 1.34. The quantitative estimate of drug-likeness (QED) is 0.553. The van der Waals surface area contributed by atoms with Crippen LogP contribution in [0.4, 0.5) is 0 Å². The van der Waals surface area contributed by atoms with E-state index in [1.54, 1.807) is 0 Å². The number of nitrogens with one attached hydrogen (secondary N) is 2. The minimum Gasteiger partial charge on any atom is -0.376 e. The molecule has 5 heteroatoms. The molecule has 0 bridgehead atoms. The summed E-state index contributed by atoms with van der Waals surface area (Å²) in [4.78, 5) is 0. The molecule has 0 aromatic carbocycles. The Bertz CT molecular complexity index is 206. The fourth-order valence-corrected chi connectivity index (χ4v) is 1.34. The average molecular weight is 211 g/mol. The van der Waals surface area contributed by atoms with Crippen LogP contribution in [0.25, 0.3) is 0 Å². The Morgan fingerprint density at radius 2 is 2.17 bits per heavy atom. The van der Waals surface area contributed by atoms with Crippen LogP contribution in [0.1, 0.15) is 6.42 Å². The van der Waals surface area contributed by atoms with Gasteiger partial charge in [0.1, 0.15) is 6.23 Å². The molecule has 0 spiro atoms. The number of hydrogen-bond donors (Lipinski definition) is 3. The number of rotatable bonds is 0. The molecule has 1 aliphatic heterocycles. The van der Waals surface area contributed by atoms with Crippen molar-refractivity contribution in [2.75, 3.05) is 0 Å². The van der Waals surface area contributed by atoms with E-state index >= 15 is 0 Å². The zero-order valence-electron chi connectivity index (χ0n) is 6.36. The van der Waals surface area contributed by atoms with Gasteiger partial charge in [-0.05, 0) is 12.5 Å². The summed E-state index contributed by atoms with van der Waals surface area (Å²) in [5.74, 6) is 0.241. The second kappa shape index (κ2) is 4.72. The van der Waals surface area contributed by atoms with Gasteiger partial charge < -0.3 is 10.5 Å². The Hall–Kier alpha value is -0.220. The first-order valence-corrected chi connectivity index (χ1v) is 3.44. The second-order valence-electron chi connectivity index (χ2n) is 2.61. The van der Waals surface area contributed by atoms with Crippen molar-refractivity contribution >= 4 is 24.8 Å². The Balaban J connectivity index is 0.000000605. The highest BCUT2D eigenvalue weighted by Gasteiger charge is 2.28. The maximum absolute atomic E-state index is 9.28. The van der Waals surface area contributed by atoms with Crippen LogP contribution < -0.4 is 10.9 Å². The van der Waals surface area contributed by atoms with E-state index in [0.29, 0.717) is 0 Å². The lowest BCUT2D eigenvalue weighted by Crippen LogP contribution is -2.30. The number of allylic oxidation sites excluding steroid dienone is 3. The van der Waals surface area contributed by atoms with E-state index in [4.69, 9.17) is 0 Å². The molecule has 1 heterocycles. The molecule has 0 radical (unpaired) electrons. The lowest BCUT2D eigenvalue weighted by atomic mass is 9.97. The third-order valence-electron chi connectivity index (χ3n) is 1.95. The summed E-state index contributed by atoms with van der Waals surface area (Å²) in [6.45, 7) is 0. The molecule has 3 N–H and O–H groups in total. The highest BCUT2D eigenvalue weighted by atomic mass is 35.5. The highest BCUT2D eigenvalue weighted by Crippen LogP contribution is 2.23. The minimum absolute atomic E-state index is 0. The summed E-state index contributed by atoms with van der Waals surface area (Å²) in [5, 5.41) is 9.28. The molecule has 1 aliphatic carbocycles. The van der Waals surface area contributed by atoms with Crippen molar-refractivity contribution in [2.24, 2.45) is 5.92 Å². The van der Waals surface area contributed by atoms with Gasteiger partial charge in [0.15, 0.2) is 0 Å². The molecule has 2 unspecified atom stereocenters. The molecule has 12 heavy (non-hydrogen) atoms. The number of aliphatic hydroxyl groups excluding tert-OH is 1. The third kappa shape index (κ3) is 1.93. The first kappa shape index (κ1) is 11.8. The molecule has 2 rings (SSSR count). The summed E-state index contributed by atoms with van der Waals surface area (Å²) in [6.07, 6.45) is 6.55. The van der Waals surface area contributed by atoms with Gasteiger partial charge in [-0.2, -0.15) is 0 Å². The van der Waals surface area contributed by atoms with Gasteiger partial charge in [0.25, 0.3) is 0 Å². The molecule has 3 nitrogen and oxygen atoms in total. The van der Waals surface area contributed by atoms with Crippen molar-refractivity contribution < 1.29 is 5.11 Å². The van der Waals surface area contributed by atoms with E-state index < -0.39 is 6.23 Å². The van der Waals surface area contributed by atoms with Crippen LogP contribution in [-0.4, -0.2) is 11.3 Å². The topological polar surface area (TPSA) is 44.3 Å². The second-order valence-corrected chi connectivity index (χ2v) is 2.61. The smallest absolute Gasteiger partial charge is 0.129 e. The van der Waals surface area contributed by atoms with Crippen molar-refractivity contribution in [3.63, 3.8) is 0 Å². The van der Waals surface area contributed by atoms with Gasteiger partial charge in [0, 0.05) is 11.6 Å². The van der Waals surface area contributed by atoms with Gasteiger partial charge in [-0.25, -0.2) is 5.43 Å². The van der Waals surface area contributed by atoms with Gasteiger partial charge >= 0.3 is 0 Å². The predicted molar refractivity (Wildman–Crippen MR) is 52.1 cm³/mol. The molecule has 2 atom stereocenters. The Morgan fingerprint density at radius 3 is 2.83 bits per heavy atom. The van der Waals surface area contributed by atoms with E-state index in [1.807, 2.05) is 12.2 Å². The van der Waals surface area contributed by atoms with E-state index in [2.05, 4.69) is 16.9 Å². The van der Waals surface area contributed by atoms with Crippen LogP contribution in [-0.2, 0) is 0 Å². The van der Waals surface area contributed by atoms with Crippen LogP contribution in [0.2, 0.25) is 0 Å². The van der Waals surface area contributed by atoms with Crippen LogP contribution in [0.15, 0.2) is 23.9 Å². The zero-order valence-corrected chi connectivity index (χ0v) is 7.99. The molecule has 0 aromatic rings. The lowest BCUT2D eigenvalue weighted by Gasteiger charge is -2.12. The number of aliphatic hydroxyl groups is 1. The predicted octanol–water partition coefficient (Wildman–Crippen LogP) is 0.716. The van der Waals surface area contributed by atoms with Crippen LogP contribution in [0, 0.1) is 5.92 Å². The lowest BCUT2D eigenvalue weighted by molar-refractivity contribution is 0.115. The SMILES string of the molecule is Cl.Cl.OC1NNC2=CC=CCC21. The van der Waals surface area contributed by atoms with E-state index in [0.717, 1.165) is 12.1 Å².